The molecule has 1 atom stereocenters. The first-order valence-corrected chi connectivity index (χ1v) is 6.46. The van der Waals surface area contributed by atoms with Crippen LogP contribution in [0.15, 0.2) is 38.8 Å². The molecule has 0 aliphatic heterocycles. The second-order valence-corrected chi connectivity index (χ2v) is 4.06. The zero-order chi connectivity index (χ0) is 11.1. The average molecular weight is 278 g/mol. The monoisotopic (exact) mass is 276 g/mol. The second-order valence-electron chi connectivity index (χ2n) is 3.42. The molecular weight excluding hydrogens is 261 g/mol. The minimum absolute atomic E-state index is 0.369. The first-order chi connectivity index (χ1) is 7.31. The molecule has 0 amide bonds. The molecule has 0 saturated carbocycles. The zero-order valence-corrected chi connectivity index (χ0v) is 11.8. The van der Waals surface area contributed by atoms with Gasteiger partial charge < -0.3 is 0 Å². The quantitative estimate of drug-likeness (QED) is 0.728. The third-order valence-corrected chi connectivity index (χ3v) is 3.17. The first-order valence-electron chi connectivity index (χ1n) is 5.36. The zero-order valence-electron chi connectivity index (χ0n) is 9.33. The molecule has 15 heavy (non-hydrogen) atoms. The first kappa shape index (κ1) is 12.7. The van der Waals surface area contributed by atoms with Gasteiger partial charge in [-0.1, -0.05) is 0 Å². The summed E-state index contributed by atoms with van der Waals surface area (Å²) < 4.78 is 4.46. The van der Waals surface area contributed by atoms with Gasteiger partial charge in [0.25, 0.3) is 0 Å². The molecule has 1 unspecified atom stereocenters. The molecule has 1 rings (SSSR count). The van der Waals surface area contributed by atoms with Crippen LogP contribution in [0.5, 0.6) is 0 Å². The van der Waals surface area contributed by atoms with E-state index in [0.29, 0.717) is 6.04 Å². The van der Waals surface area contributed by atoms with Gasteiger partial charge in [-0.15, -0.1) is 0 Å². The van der Waals surface area contributed by atoms with Crippen LogP contribution < -0.4 is 0 Å². The van der Waals surface area contributed by atoms with E-state index in [4.69, 9.17) is 0 Å². The Bertz CT molecular complexity index is 330. The van der Waals surface area contributed by atoms with Crippen molar-refractivity contribution in [3.05, 3.63) is 47.5 Å². The van der Waals surface area contributed by atoms with Gasteiger partial charge in [0.15, 0.2) is 0 Å². The molecule has 0 radical (unpaired) electrons. The van der Waals surface area contributed by atoms with Crippen LogP contribution in [-0.4, -0.2) is 6.04 Å². The SMILES string of the molecule is CCC(=[C-]c1ccccc1)C(CC)[N]=[Zr]. The third-order valence-electron chi connectivity index (χ3n) is 2.40. The predicted octanol–water partition coefficient (Wildman–Crippen LogP) is 3.68. The molecule has 0 aliphatic carbocycles. The molecule has 0 aromatic heterocycles. The Labute approximate surface area is 107 Å². The molecule has 2 heteroatoms. The Morgan fingerprint density at radius 1 is 1.33 bits per heavy atom. The van der Waals surface area contributed by atoms with E-state index in [9.17, 15) is 0 Å². The Morgan fingerprint density at radius 3 is 2.47 bits per heavy atom. The molecule has 1 aromatic rings. The fourth-order valence-electron chi connectivity index (χ4n) is 1.53. The maximum absolute atomic E-state index is 4.46. The standard InChI is InChI=1S/C13H16N.Zr/c1-3-12(13(14)4-2)10-11-8-6-5-7-9-11;/h5-9,13H,3-4H2,1-2H3;/q-1;. The van der Waals surface area contributed by atoms with Crippen LogP contribution >= 0.6 is 0 Å². The Kier molecular flexibility index (Phi) is 5.94. The molecule has 0 aliphatic rings. The van der Waals surface area contributed by atoms with Crippen LogP contribution in [0.3, 0.4) is 0 Å². The fourth-order valence-corrected chi connectivity index (χ4v) is 2.36. The summed E-state index contributed by atoms with van der Waals surface area (Å²) in [6.07, 6.45) is 5.58. The van der Waals surface area contributed by atoms with Crippen LogP contribution in [0.2, 0.25) is 0 Å². The summed E-state index contributed by atoms with van der Waals surface area (Å²) in [4.78, 5) is 0. The van der Waals surface area contributed by atoms with Crippen molar-refractivity contribution in [1.82, 2.24) is 0 Å². The van der Waals surface area contributed by atoms with Crippen LogP contribution in [-0.2, 0) is 24.6 Å². The van der Waals surface area contributed by atoms with Crippen LogP contribution in [0, 0.1) is 6.08 Å². The number of hydrogen-bond donors (Lipinski definition) is 0. The van der Waals surface area contributed by atoms with Crippen molar-refractivity contribution in [2.24, 2.45) is 2.87 Å². The molecule has 0 bridgehead atoms. The van der Waals surface area contributed by atoms with Crippen molar-refractivity contribution in [3.63, 3.8) is 0 Å². The maximum atomic E-state index is 4.46. The van der Waals surface area contributed by atoms with E-state index < -0.39 is 0 Å². The minimum atomic E-state index is 0.369. The van der Waals surface area contributed by atoms with E-state index in [1.807, 2.05) is 18.2 Å². The Morgan fingerprint density at radius 2 is 2.00 bits per heavy atom. The van der Waals surface area contributed by atoms with E-state index in [1.54, 1.807) is 0 Å². The summed E-state index contributed by atoms with van der Waals surface area (Å²) >= 11 is 1.26. The van der Waals surface area contributed by atoms with Crippen molar-refractivity contribution in [2.45, 2.75) is 32.7 Å². The van der Waals surface area contributed by atoms with Gasteiger partial charge >= 0.3 is 108 Å². The summed E-state index contributed by atoms with van der Waals surface area (Å²) in [5, 5.41) is 0. The van der Waals surface area contributed by atoms with Gasteiger partial charge in [0, 0.05) is 0 Å². The Hall–Kier alpha value is -0.357. The molecule has 0 heterocycles. The summed E-state index contributed by atoms with van der Waals surface area (Å²) in [5.74, 6) is 0. The number of nitrogens with zero attached hydrogens (tertiary/aromatic N) is 1. The molecule has 1 aromatic carbocycles. The fraction of sp³-hybridized carbons (Fsp3) is 0.385. The molecule has 0 fully saturated rings. The van der Waals surface area contributed by atoms with E-state index in [0.717, 1.165) is 18.4 Å². The van der Waals surface area contributed by atoms with Gasteiger partial charge in [-0.05, 0) is 0 Å². The summed E-state index contributed by atoms with van der Waals surface area (Å²) in [6, 6.07) is 10.7. The second kappa shape index (κ2) is 7.01. The van der Waals surface area contributed by atoms with Crippen LogP contribution in [0.25, 0.3) is 0 Å². The van der Waals surface area contributed by atoms with Gasteiger partial charge in [0.2, 0.25) is 0 Å². The average Bonchev–Trinajstić information content (AvgIpc) is 2.30. The molecule has 0 spiro atoms. The number of hydrogen-bond acceptors (Lipinski definition) is 1. The number of benzene rings is 1. The summed E-state index contributed by atoms with van der Waals surface area (Å²) in [7, 11) is 0. The summed E-state index contributed by atoms with van der Waals surface area (Å²) in [5.41, 5.74) is 2.48. The van der Waals surface area contributed by atoms with Crippen molar-refractivity contribution in [2.75, 3.05) is 0 Å². The van der Waals surface area contributed by atoms with E-state index >= 15 is 0 Å². The molecular formula is C13H16NZr-. The molecule has 78 valence electrons. The predicted molar refractivity (Wildman–Crippen MR) is 59.1 cm³/mol. The third kappa shape index (κ3) is 3.95. The van der Waals surface area contributed by atoms with Gasteiger partial charge in [0.05, 0.1) is 0 Å². The van der Waals surface area contributed by atoms with Crippen molar-refractivity contribution >= 4 is 0 Å². The van der Waals surface area contributed by atoms with Crippen LogP contribution in [0.1, 0.15) is 32.3 Å². The summed E-state index contributed by atoms with van der Waals surface area (Å²) in [6.45, 7) is 4.36. The van der Waals surface area contributed by atoms with E-state index in [2.05, 4.69) is 34.9 Å². The van der Waals surface area contributed by atoms with Gasteiger partial charge in [0.1, 0.15) is 0 Å². The normalized spacial score (nSPS) is 13.5. The van der Waals surface area contributed by atoms with Crippen LogP contribution in [0.4, 0.5) is 0 Å². The van der Waals surface area contributed by atoms with E-state index in [-0.39, 0.29) is 0 Å². The Balaban J connectivity index is 2.91. The topological polar surface area (TPSA) is 12.4 Å². The molecule has 1 nitrogen and oxygen atoms in total. The number of rotatable bonds is 5. The van der Waals surface area contributed by atoms with Gasteiger partial charge in [-0.3, -0.25) is 0 Å². The van der Waals surface area contributed by atoms with Crippen molar-refractivity contribution in [3.8, 4) is 0 Å². The van der Waals surface area contributed by atoms with Crippen molar-refractivity contribution in [1.29, 1.82) is 0 Å². The van der Waals surface area contributed by atoms with E-state index in [1.165, 1.54) is 30.1 Å². The molecule has 0 N–H and O–H groups in total. The van der Waals surface area contributed by atoms with Crippen molar-refractivity contribution < 1.29 is 24.6 Å². The molecule has 0 saturated heterocycles. The van der Waals surface area contributed by atoms with Gasteiger partial charge in [-0.25, -0.2) is 0 Å². The van der Waals surface area contributed by atoms with Gasteiger partial charge in [-0.2, -0.15) is 0 Å².